The largest absolute Gasteiger partial charge is 0.383 e. The number of ether oxygens (including phenoxy) is 1. The zero-order valence-corrected chi connectivity index (χ0v) is 18.4. The Morgan fingerprint density at radius 2 is 1.97 bits per heavy atom. The third kappa shape index (κ3) is 3.94. The van der Waals surface area contributed by atoms with Crippen LogP contribution in [0.5, 0.6) is 0 Å². The molecule has 0 bridgehead atoms. The van der Waals surface area contributed by atoms with Crippen molar-refractivity contribution in [2.45, 2.75) is 0 Å². The van der Waals surface area contributed by atoms with Crippen molar-refractivity contribution in [2.24, 2.45) is 0 Å². The van der Waals surface area contributed by atoms with Crippen molar-refractivity contribution >= 4 is 45.6 Å². The molecule has 1 aliphatic rings. The monoisotopic (exact) mass is 455 g/mol. The fourth-order valence-electron chi connectivity index (χ4n) is 3.94. The lowest BCUT2D eigenvalue weighted by molar-refractivity contribution is 0.144. The second-order valence-electron chi connectivity index (χ2n) is 7.66. The van der Waals surface area contributed by atoms with E-state index in [4.69, 9.17) is 21.3 Å². The van der Waals surface area contributed by atoms with Gasteiger partial charge < -0.3 is 15.0 Å². The fourth-order valence-corrected chi connectivity index (χ4v) is 4.15. The lowest BCUT2D eigenvalue weighted by Gasteiger charge is -2.35. The van der Waals surface area contributed by atoms with Crippen LogP contribution in [0.3, 0.4) is 0 Å². The highest BCUT2D eigenvalue weighted by molar-refractivity contribution is 6.33. The van der Waals surface area contributed by atoms with Gasteiger partial charge in [-0.05, 0) is 24.3 Å². The van der Waals surface area contributed by atoms with Gasteiger partial charge in [-0.3, -0.25) is 9.30 Å². The molecule has 3 aromatic heterocycles. The number of benzene rings is 1. The lowest BCUT2D eigenvalue weighted by atomic mass is 10.3. The van der Waals surface area contributed by atoms with Crippen LogP contribution in [-0.4, -0.2) is 70.7 Å². The number of piperazine rings is 1. The molecular formula is C22H23ClFN7O. The molecule has 8 nitrogen and oxygen atoms in total. The number of imidazole rings is 1. The van der Waals surface area contributed by atoms with Gasteiger partial charge in [0.25, 0.3) is 0 Å². The Hall–Kier alpha value is -3.01. The molecule has 166 valence electrons. The van der Waals surface area contributed by atoms with Gasteiger partial charge in [0, 0.05) is 39.8 Å². The second kappa shape index (κ2) is 8.85. The van der Waals surface area contributed by atoms with E-state index in [0.29, 0.717) is 22.5 Å². The molecule has 0 unspecified atom stereocenters. The summed E-state index contributed by atoms with van der Waals surface area (Å²) in [5.41, 5.74) is 2.24. The van der Waals surface area contributed by atoms with E-state index in [0.717, 1.165) is 45.1 Å². The maximum absolute atomic E-state index is 14.3. The van der Waals surface area contributed by atoms with Gasteiger partial charge in [0.05, 0.1) is 23.5 Å². The lowest BCUT2D eigenvalue weighted by Crippen LogP contribution is -2.47. The van der Waals surface area contributed by atoms with Crippen molar-refractivity contribution in [3.8, 4) is 0 Å². The molecule has 32 heavy (non-hydrogen) atoms. The van der Waals surface area contributed by atoms with E-state index in [1.54, 1.807) is 31.8 Å². The first-order valence-electron chi connectivity index (χ1n) is 10.4. The van der Waals surface area contributed by atoms with Crippen LogP contribution in [0.2, 0.25) is 5.02 Å². The first-order chi connectivity index (χ1) is 15.6. The second-order valence-corrected chi connectivity index (χ2v) is 8.07. The maximum atomic E-state index is 14.3. The molecule has 5 rings (SSSR count). The summed E-state index contributed by atoms with van der Waals surface area (Å²) in [6.07, 6.45) is 3.36. The quantitative estimate of drug-likeness (QED) is 0.476. The molecule has 10 heteroatoms. The molecule has 1 aromatic carbocycles. The number of pyridine rings is 1. The molecule has 1 fully saturated rings. The van der Waals surface area contributed by atoms with Gasteiger partial charge in [0.1, 0.15) is 29.0 Å². The van der Waals surface area contributed by atoms with E-state index in [9.17, 15) is 4.39 Å². The minimum Gasteiger partial charge on any atom is -0.383 e. The first-order valence-corrected chi connectivity index (χ1v) is 10.8. The number of para-hydroxylation sites is 1. The van der Waals surface area contributed by atoms with Crippen LogP contribution in [0.4, 0.5) is 21.7 Å². The highest BCUT2D eigenvalue weighted by Crippen LogP contribution is 2.30. The number of fused-ring (bicyclic) bond motifs is 3. The average Bonchev–Trinajstić information content (AvgIpc) is 3.31. The van der Waals surface area contributed by atoms with Crippen molar-refractivity contribution in [1.82, 2.24) is 24.3 Å². The van der Waals surface area contributed by atoms with Gasteiger partial charge in [0.2, 0.25) is 0 Å². The average molecular weight is 456 g/mol. The van der Waals surface area contributed by atoms with Crippen molar-refractivity contribution in [3.05, 3.63) is 53.7 Å². The zero-order chi connectivity index (χ0) is 22.1. The van der Waals surface area contributed by atoms with Gasteiger partial charge in [-0.2, -0.15) is 0 Å². The standard InChI is InChI=1S/C22H23ClFN7O/c1-32-12-11-29-7-9-30(10-8-29)19-6-5-17-22(27-19)31-14-25-13-18(31)21(26-17)28-20-15(23)3-2-4-16(20)24/h2-6,13-14H,7-12H2,1H3,(H,26,28). The summed E-state index contributed by atoms with van der Waals surface area (Å²) in [5.74, 6) is 0.914. The summed E-state index contributed by atoms with van der Waals surface area (Å²) in [6, 6.07) is 8.45. The molecule has 0 spiro atoms. The molecule has 1 aliphatic heterocycles. The molecule has 0 amide bonds. The van der Waals surface area contributed by atoms with Crippen LogP contribution in [0.15, 0.2) is 42.9 Å². The Labute approximate surface area is 189 Å². The Morgan fingerprint density at radius 3 is 2.75 bits per heavy atom. The SMILES string of the molecule is COCCN1CCN(c2ccc3nc(Nc4c(F)cccc4Cl)c4cncn4c3n2)CC1. The molecule has 4 heterocycles. The Bertz CT molecular complexity index is 1240. The Kier molecular flexibility index (Phi) is 5.77. The summed E-state index contributed by atoms with van der Waals surface area (Å²) in [7, 11) is 1.73. The number of nitrogens with zero attached hydrogens (tertiary/aromatic N) is 6. The maximum Gasteiger partial charge on any atom is 0.166 e. The number of hydrogen-bond acceptors (Lipinski definition) is 7. The Morgan fingerprint density at radius 1 is 1.12 bits per heavy atom. The van der Waals surface area contributed by atoms with E-state index in [1.807, 2.05) is 16.5 Å². The van der Waals surface area contributed by atoms with Gasteiger partial charge in [-0.15, -0.1) is 0 Å². The number of aromatic nitrogens is 4. The number of hydrogen-bond donors (Lipinski definition) is 1. The summed E-state index contributed by atoms with van der Waals surface area (Å²) < 4.78 is 21.3. The molecule has 1 saturated heterocycles. The summed E-state index contributed by atoms with van der Waals surface area (Å²) in [6.45, 7) is 5.41. The van der Waals surface area contributed by atoms with Crippen LogP contribution < -0.4 is 10.2 Å². The molecule has 0 saturated carbocycles. The fraction of sp³-hybridized carbons (Fsp3) is 0.318. The molecular weight excluding hydrogens is 433 g/mol. The molecule has 4 aromatic rings. The minimum absolute atomic E-state index is 0.181. The van der Waals surface area contributed by atoms with Gasteiger partial charge >= 0.3 is 0 Å². The molecule has 0 aliphatic carbocycles. The predicted molar refractivity (Wildman–Crippen MR) is 124 cm³/mol. The number of anilines is 3. The normalized spacial score (nSPS) is 15.0. The zero-order valence-electron chi connectivity index (χ0n) is 17.6. The van der Waals surface area contributed by atoms with Crippen LogP contribution in [-0.2, 0) is 4.74 Å². The summed E-state index contributed by atoms with van der Waals surface area (Å²) in [4.78, 5) is 18.5. The highest BCUT2D eigenvalue weighted by atomic mass is 35.5. The Balaban J connectivity index is 1.46. The predicted octanol–water partition coefficient (Wildman–Crippen LogP) is 3.58. The smallest absolute Gasteiger partial charge is 0.166 e. The van der Waals surface area contributed by atoms with E-state index in [1.165, 1.54) is 6.07 Å². The van der Waals surface area contributed by atoms with Crippen LogP contribution >= 0.6 is 11.6 Å². The van der Waals surface area contributed by atoms with Gasteiger partial charge in [0.15, 0.2) is 11.5 Å². The summed E-state index contributed by atoms with van der Waals surface area (Å²) >= 11 is 6.19. The van der Waals surface area contributed by atoms with Crippen molar-refractivity contribution in [1.29, 1.82) is 0 Å². The molecule has 0 atom stereocenters. The van der Waals surface area contributed by atoms with Crippen LogP contribution in [0, 0.1) is 5.82 Å². The summed E-state index contributed by atoms with van der Waals surface area (Å²) in [5, 5.41) is 3.31. The van der Waals surface area contributed by atoms with Gasteiger partial charge in [-0.25, -0.2) is 19.3 Å². The number of halogens is 2. The number of nitrogens with one attached hydrogen (secondary N) is 1. The molecule has 1 N–H and O–H groups in total. The first kappa shape index (κ1) is 20.9. The third-order valence-electron chi connectivity index (χ3n) is 5.70. The van der Waals surface area contributed by atoms with E-state index >= 15 is 0 Å². The number of rotatable bonds is 6. The van der Waals surface area contributed by atoms with Gasteiger partial charge in [-0.1, -0.05) is 17.7 Å². The van der Waals surface area contributed by atoms with Crippen molar-refractivity contribution < 1.29 is 9.13 Å². The highest BCUT2D eigenvalue weighted by Gasteiger charge is 2.19. The van der Waals surface area contributed by atoms with E-state index in [2.05, 4.69) is 25.1 Å². The van der Waals surface area contributed by atoms with Crippen molar-refractivity contribution in [2.75, 3.05) is 56.7 Å². The number of methoxy groups -OCH3 is 1. The van der Waals surface area contributed by atoms with E-state index in [-0.39, 0.29) is 10.7 Å². The van der Waals surface area contributed by atoms with Crippen molar-refractivity contribution in [3.63, 3.8) is 0 Å². The topological polar surface area (TPSA) is 70.8 Å². The third-order valence-corrected chi connectivity index (χ3v) is 6.01. The van der Waals surface area contributed by atoms with E-state index < -0.39 is 5.82 Å². The minimum atomic E-state index is -0.449. The van der Waals surface area contributed by atoms with Crippen LogP contribution in [0.1, 0.15) is 0 Å². The van der Waals surface area contributed by atoms with Crippen LogP contribution in [0.25, 0.3) is 16.7 Å². The molecule has 0 radical (unpaired) electrons.